The third-order valence-corrected chi connectivity index (χ3v) is 7.38. The van der Waals surface area contributed by atoms with Gasteiger partial charge in [0.15, 0.2) is 5.76 Å². The Morgan fingerprint density at radius 1 is 1.19 bits per heavy atom. The number of furan rings is 1. The number of anilines is 1. The van der Waals surface area contributed by atoms with Crippen LogP contribution in [0.4, 0.5) is 5.69 Å². The minimum absolute atomic E-state index is 0.136. The highest BCUT2D eigenvalue weighted by molar-refractivity contribution is 7.89. The number of hydrogen-bond donors (Lipinski definition) is 2. The molecule has 2 aromatic rings. The molecule has 3 heterocycles. The van der Waals surface area contributed by atoms with Gasteiger partial charge in [-0.15, -0.1) is 0 Å². The van der Waals surface area contributed by atoms with Crippen molar-refractivity contribution in [3.8, 4) is 0 Å². The van der Waals surface area contributed by atoms with Gasteiger partial charge in [0.2, 0.25) is 15.9 Å². The topological polar surface area (TPSA) is 118 Å². The first kappa shape index (κ1) is 21.3. The van der Waals surface area contributed by atoms with Crippen molar-refractivity contribution in [1.29, 1.82) is 0 Å². The zero-order chi connectivity index (χ0) is 22.0. The fraction of sp³-hybridized carbons (Fsp3) is 0.333. The Morgan fingerprint density at radius 2 is 1.97 bits per heavy atom. The van der Waals surface area contributed by atoms with E-state index in [9.17, 15) is 18.0 Å². The molecule has 3 unspecified atom stereocenters. The Balaban J connectivity index is 1.40. The maximum Gasteiger partial charge on any atom is 0.291 e. The molecule has 9 nitrogen and oxygen atoms in total. The molecule has 2 amide bonds. The quantitative estimate of drug-likeness (QED) is 0.657. The zero-order valence-electron chi connectivity index (χ0n) is 16.7. The summed E-state index contributed by atoms with van der Waals surface area (Å²) in [6.45, 7) is 4.03. The monoisotopic (exact) mass is 445 g/mol. The number of benzene rings is 1. The number of rotatable bonds is 6. The van der Waals surface area contributed by atoms with E-state index in [1.165, 1.54) is 47.0 Å². The molecule has 0 spiro atoms. The van der Waals surface area contributed by atoms with Crippen molar-refractivity contribution in [3.05, 3.63) is 61.1 Å². The lowest BCUT2D eigenvalue weighted by Crippen LogP contribution is -2.45. The van der Waals surface area contributed by atoms with Crippen LogP contribution in [0.1, 0.15) is 23.4 Å². The van der Waals surface area contributed by atoms with E-state index >= 15 is 0 Å². The average molecular weight is 445 g/mol. The lowest BCUT2D eigenvalue weighted by atomic mass is 9.94. The molecule has 2 aliphatic rings. The maximum absolute atomic E-state index is 13.1. The van der Waals surface area contributed by atoms with Gasteiger partial charge >= 0.3 is 0 Å². The van der Waals surface area contributed by atoms with Gasteiger partial charge in [-0.05, 0) is 61.2 Å². The highest BCUT2D eigenvalue weighted by atomic mass is 32.2. The van der Waals surface area contributed by atoms with Crippen molar-refractivity contribution < 1.29 is 27.2 Å². The second-order valence-electron chi connectivity index (χ2n) is 7.48. The van der Waals surface area contributed by atoms with E-state index < -0.39 is 22.2 Å². The van der Waals surface area contributed by atoms with E-state index in [1.54, 1.807) is 6.07 Å². The van der Waals surface area contributed by atoms with Crippen LogP contribution < -0.4 is 10.6 Å². The number of hydrogen-bond acceptors (Lipinski definition) is 6. The van der Waals surface area contributed by atoms with Gasteiger partial charge in [0.05, 0.1) is 17.3 Å². The van der Waals surface area contributed by atoms with Gasteiger partial charge in [-0.2, -0.15) is 4.31 Å². The summed E-state index contributed by atoms with van der Waals surface area (Å²) in [6.07, 6.45) is 3.19. The van der Waals surface area contributed by atoms with Gasteiger partial charge in [0.1, 0.15) is 6.23 Å². The molecule has 2 fully saturated rings. The molecule has 0 bridgehead atoms. The number of nitrogens with zero attached hydrogens (tertiary/aromatic N) is 1. The number of nitrogens with one attached hydrogen (secondary N) is 2. The largest absolute Gasteiger partial charge is 0.459 e. The van der Waals surface area contributed by atoms with Gasteiger partial charge in [-0.25, -0.2) is 8.42 Å². The molecular weight excluding hydrogens is 422 g/mol. The summed E-state index contributed by atoms with van der Waals surface area (Å²) < 4.78 is 38.5. The predicted molar refractivity (Wildman–Crippen MR) is 112 cm³/mol. The number of amides is 2. The van der Waals surface area contributed by atoms with Gasteiger partial charge in [0, 0.05) is 18.8 Å². The van der Waals surface area contributed by atoms with Crippen LogP contribution in [-0.4, -0.2) is 50.0 Å². The maximum atomic E-state index is 13.1. The second kappa shape index (κ2) is 8.66. The van der Waals surface area contributed by atoms with E-state index in [-0.39, 0.29) is 35.1 Å². The molecule has 10 heteroatoms. The Hall–Kier alpha value is -2.95. The van der Waals surface area contributed by atoms with Crippen LogP contribution in [-0.2, 0) is 19.6 Å². The van der Waals surface area contributed by atoms with Crippen LogP contribution in [0.15, 0.2) is 64.6 Å². The molecule has 0 saturated carbocycles. The smallest absolute Gasteiger partial charge is 0.291 e. The van der Waals surface area contributed by atoms with Crippen molar-refractivity contribution in [2.24, 2.45) is 5.92 Å². The van der Waals surface area contributed by atoms with Gasteiger partial charge in [0.25, 0.3) is 5.91 Å². The summed E-state index contributed by atoms with van der Waals surface area (Å²) in [4.78, 5) is 23.7. The van der Waals surface area contributed by atoms with Crippen LogP contribution in [0.2, 0.25) is 0 Å². The molecule has 2 N–H and O–H groups in total. The van der Waals surface area contributed by atoms with Crippen molar-refractivity contribution in [2.75, 3.05) is 18.4 Å². The zero-order valence-corrected chi connectivity index (χ0v) is 17.5. The third kappa shape index (κ3) is 4.55. The van der Waals surface area contributed by atoms with Crippen molar-refractivity contribution in [2.45, 2.75) is 30.1 Å². The predicted octanol–water partition coefficient (Wildman–Crippen LogP) is 1.96. The lowest BCUT2D eigenvalue weighted by molar-refractivity contribution is -0.120. The first-order chi connectivity index (χ1) is 14.9. The Morgan fingerprint density at radius 3 is 2.65 bits per heavy atom. The molecule has 4 rings (SSSR count). The molecule has 0 aliphatic carbocycles. The summed E-state index contributed by atoms with van der Waals surface area (Å²) in [5, 5.41) is 5.37. The van der Waals surface area contributed by atoms with E-state index in [0.717, 1.165) is 0 Å². The minimum Gasteiger partial charge on any atom is -0.459 e. The van der Waals surface area contributed by atoms with Crippen LogP contribution >= 0.6 is 0 Å². The van der Waals surface area contributed by atoms with Crippen LogP contribution in [0.3, 0.4) is 0 Å². The lowest BCUT2D eigenvalue weighted by Gasteiger charge is -2.33. The number of fused-ring (bicyclic) bond motifs is 1. The molecule has 1 aromatic heterocycles. The summed E-state index contributed by atoms with van der Waals surface area (Å²) >= 11 is 0. The van der Waals surface area contributed by atoms with E-state index in [0.29, 0.717) is 25.1 Å². The molecule has 2 aliphatic heterocycles. The fourth-order valence-electron chi connectivity index (χ4n) is 3.89. The Bertz CT molecular complexity index is 1070. The summed E-state index contributed by atoms with van der Waals surface area (Å²) in [6, 6.07) is 9.14. The van der Waals surface area contributed by atoms with Crippen molar-refractivity contribution >= 4 is 27.5 Å². The number of ether oxygens (including phenoxy) is 1. The average Bonchev–Trinajstić information content (AvgIpc) is 3.43. The minimum atomic E-state index is -3.72. The van der Waals surface area contributed by atoms with E-state index in [2.05, 4.69) is 17.2 Å². The molecule has 2 saturated heterocycles. The Labute approximate surface area is 180 Å². The van der Waals surface area contributed by atoms with Gasteiger partial charge in [-0.3, -0.25) is 9.59 Å². The second-order valence-corrected chi connectivity index (χ2v) is 9.42. The van der Waals surface area contributed by atoms with E-state index in [1.807, 2.05) is 0 Å². The van der Waals surface area contributed by atoms with Crippen LogP contribution in [0, 0.1) is 5.92 Å². The van der Waals surface area contributed by atoms with Crippen molar-refractivity contribution in [3.63, 3.8) is 0 Å². The molecule has 3 atom stereocenters. The number of sulfonamides is 1. The van der Waals surface area contributed by atoms with Gasteiger partial charge in [-0.1, -0.05) is 6.58 Å². The van der Waals surface area contributed by atoms with Crippen LogP contribution in [0.5, 0.6) is 0 Å². The fourth-order valence-corrected chi connectivity index (χ4v) is 5.36. The Kier molecular flexibility index (Phi) is 5.94. The summed E-state index contributed by atoms with van der Waals surface area (Å²) in [5.41, 5.74) is 0.457. The first-order valence-electron chi connectivity index (χ1n) is 9.90. The van der Waals surface area contributed by atoms with Gasteiger partial charge < -0.3 is 19.8 Å². The normalized spacial score (nSPS) is 23.7. The summed E-state index contributed by atoms with van der Waals surface area (Å²) in [7, 11) is -3.72. The highest BCUT2D eigenvalue weighted by Gasteiger charge is 2.42. The first-order valence-corrected chi connectivity index (χ1v) is 11.3. The standard InChI is InChI=1S/C21H23N3O6S/c1-2-19(25)23-20-12-14-9-10-24(13-18(14)30-20)31(27,28)16-7-5-15(6-8-16)22-21(26)17-4-3-11-29-17/h2-8,11,14,18,20H,1,9-10,12-13H2,(H,22,26)(H,23,25). The van der Waals surface area contributed by atoms with E-state index in [4.69, 9.17) is 9.15 Å². The molecule has 1 aromatic carbocycles. The SMILES string of the molecule is C=CC(=O)NC1CC2CCN(S(=O)(=O)c3ccc(NC(=O)c4ccco4)cc3)CC2O1. The summed E-state index contributed by atoms with van der Waals surface area (Å²) in [5.74, 6) is -0.369. The molecule has 31 heavy (non-hydrogen) atoms. The molecule has 0 radical (unpaired) electrons. The number of carbonyl (C=O) groups is 2. The third-order valence-electron chi connectivity index (χ3n) is 5.50. The number of piperidine rings is 1. The molecule has 164 valence electrons. The van der Waals surface area contributed by atoms with Crippen molar-refractivity contribution in [1.82, 2.24) is 9.62 Å². The van der Waals surface area contributed by atoms with Crippen LogP contribution in [0.25, 0.3) is 0 Å². The highest BCUT2D eigenvalue weighted by Crippen LogP contribution is 2.34. The number of carbonyl (C=O) groups excluding carboxylic acids is 2. The molecular formula is C21H23N3O6S.